The van der Waals surface area contributed by atoms with Crippen LogP contribution in [0.25, 0.3) is 20.8 Å². The van der Waals surface area contributed by atoms with Crippen molar-refractivity contribution in [2.24, 2.45) is 0 Å². The zero-order valence-electron chi connectivity index (χ0n) is 16.4. The molecule has 146 valence electrons. The lowest BCUT2D eigenvalue weighted by Crippen LogP contribution is -2.14. The van der Waals surface area contributed by atoms with Crippen molar-refractivity contribution in [1.82, 2.24) is 4.98 Å². The van der Waals surface area contributed by atoms with Gasteiger partial charge in [-0.2, -0.15) is 0 Å². The molecule has 0 aliphatic carbocycles. The predicted octanol–water partition coefficient (Wildman–Crippen LogP) is 6.45. The van der Waals surface area contributed by atoms with E-state index < -0.39 is 0 Å². The first kappa shape index (κ1) is 19.7. The van der Waals surface area contributed by atoms with Crippen LogP contribution in [-0.4, -0.2) is 16.6 Å². The maximum absolute atomic E-state index is 12.2. The summed E-state index contributed by atoms with van der Waals surface area (Å²) < 4.78 is 1.20. The molecule has 1 heterocycles. The Hall–Kier alpha value is -2.63. The third-order valence-electron chi connectivity index (χ3n) is 4.71. The summed E-state index contributed by atoms with van der Waals surface area (Å²) in [6.07, 6.45) is 0. The second-order valence-electron chi connectivity index (χ2n) is 7.04. The van der Waals surface area contributed by atoms with Crippen molar-refractivity contribution in [2.75, 3.05) is 11.1 Å². The van der Waals surface area contributed by atoms with E-state index in [4.69, 9.17) is 4.98 Å². The monoisotopic (exact) mass is 418 g/mol. The Labute approximate surface area is 179 Å². The number of aromatic nitrogens is 1. The quantitative estimate of drug-likeness (QED) is 0.391. The van der Waals surface area contributed by atoms with E-state index in [0.717, 1.165) is 27.5 Å². The zero-order chi connectivity index (χ0) is 20.2. The first-order valence-electron chi connectivity index (χ1n) is 9.48. The van der Waals surface area contributed by atoms with E-state index in [0.29, 0.717) is 5.75 Å². The van der Waals surface area contributed by atoms with Crippen LogP contribution in [0.2, 0.25) is 0 Å². The standard InChI is InChI=1S/C24H22N2OS2/c1-16-7-12-21-22(13-16)29-24(26-21)18-8-10-20(11-9-18)25-23(27)15-28-14-19-6-4-3-5-17(19)2/h3-13H,14-15H2,1-2H3,(H,25,27). The fourth-order valence-electron chi connectivity index (χ4n) is 3.07. The van der Waals surface area contributed by atoms with Gasteiger partial charge in [0.15, 0.2) is 0 Å². The van der Waals surface area contributed by atoms with Crippen LogP contribution in [0.5, 0.6) is 0 Å². The average molecular weight is 419 g/mol. The van der Waals surface area contributed by atoms with Crippen LogP contribution in [-0.2, 0) is 10.5 Å². The lowest BCUT2D eigenvalue weighted by Gasteiger charge is -2.07. The molecule has 0 aliphatic rings. The fraction of sp³-hybridized carbons (Fsp3) is 0.167. The number of hydrogen-bond donors (Lipinski definition) is 1. The molecule has 0 unspecified atom stereocenters. The molecule has 1 aromatic heterocycles. The van der Waals surface area contributed by atoms with E-state index in [1.165, 1.54) is 21.4 Å². The third-order valence-corrected chi connectivity index (χ3v) is 6.76. The molecule has 1 amide bonds. The van der Waals surface area contributed by atoms with Crippen LogP contribution in [0.4, 0.5) is 5.69 Å². The van der Waals surface area contributed by atoms with E-state index in [1.807, 2.05) is 36.4 Å². The highest BCUT2D eigenvalue weighted by Crippen LogP contribution is 2.31. The number of amides is 1. The van der Waals surface area contributed by atoms with Gasteiger partial charge in [-0.1, -0.05) is 30.3 Å². The molecule has 5 heteroatoms. The highest BCUT2D eigenvalue weighted by Gasteiger charge is 2.08. The number of anilines is 1. The predicted molar refractivity (Wildman–Crippen MR) is 126 cm³/mol. The lowest BCUT2D eigenvalue weighted by atomic mass is 10.1. The number of benzene rings is 3. The molecule has 0 fully saturated rings. The zero-order valence-corrected chi connectivity index (χ0v) is 18.1. The van der Waals surface area contributed by atoms with Gasteiger partial charge in [0.05, 0.1) is 16.0 Å². The molecule has 0 atom stereocenters. The molecule has 0 spiro atoms. The van der Waals surface area contributed by atoms with E-state index in [9.17, 15) is 4.79 Å². The summed E-state index contributed by atoms with van der Waals surface area (Å²) >= 11 is 3.32. The van der Waals surface area contributed by atoms with Gasteiger partial charge in [-0.3, -0.25) is 4.79 Å². The number of thiazole rings is 1. The van der Waals surface area contributed by atoms with Crippen LogP contribution >= 0.6 is 23.1 Å². The molecule has 0 saturated carbocycles. The first-order chi connectivity index (χ1) is 14.1. The number of rotatable bonds is 6. The van der Waals surface area contributed by atoms with Crippen molar-refractivity contribution < 1.29 is 4.79 Å². The second kappa shape index (κ2) is 8.80. The molecule has 4 aromatic rings. The highest BCUT2D eigenvalue weighted by atomic mass is 32.2. The molecule has 0 saturated heterocycles. The highest BCUT2D eigenvalue weighted by molar-refractivity contribution is 7.99. The summed E-state index contributed by atoms with van der Waals surface area (Å²) in [6.45, 7) is 4.19. The van der Waals surface area contributed by atoms with Gasteiger partial charge in [-0.15, -0.1) is 23.1 Å². The molecule has 4 rings (SSSR count). The largest absolute Gasteiger partial charge is 0.325 e. The van der Waals surface area contributed by atoms with Crippen LogP contribution < -0.4 is 5.32 Å². The van der Waals surface area contributed by atoms with Gasteiger partial charge in [0, 0.05) is 17.0 Å². The van der Waals surface area contributed by atoms with Gasteiger partial charge in [0.1, 0.15) is 5.01 Å². The number of thioether (sulfide) groups is 1. The van der Waals surface area contributed by atoms with Crippen molar-refractivity contribution in [3.05, 3.63) is 83.4 Å². The minimum absolute atomic E-state index is 0.0202. The lowest BCUT2D eigenvalue weighted by molar-refractivity contribution is -0.113. The number of fused-ring (bicyclic) bond motifs is 1. The number of nitrogens with one attached hydrogen (secondary N) is 1. The Kier molecular flexibility index (Phi) is 5.97. The Morgan fingerprint density at radius 2 is 1.83 bits per heavy atom. The van der Waals surface area contributed by atoms with Crippen molar-refractivity contribution in [3.63, 3.8) is 0 Å². The minimum Gasteiger partial charge on any atom is -0.325 e. The molecule has 0 bridgehead atoms. The van der Waals surface area contributed by atoms with Gasteiger partial charge >= 0.3 is 0 Å². The molecular weight excluding hydrogens is 396 g/mol. The Morgan fingerprint density at radius 1 is 1.03 bits per heavy atom. The smallest absolute Gasteiger partial charge is 0.234 e. The number of carbonyl (C=O) groups is 1. The van der Waals surface area contributed by atoms with Crippen LogP contribution in [0.1, 0.15) is 16.7 Å². The maximum atomic E-state index is 12.2. The van der Waals surface area contributed by atoms with Gasteiger partial charge in [-0.05, 0) is 66.9 Å². The fourth-order valence-corrected chi connectivity index (χ4v) is 5.05. The first-order valence-corrected chi connectivity index (χ1v) is 11.5. The summed E-state index contributed by atoms with van der Waals surface area (Å²) in [4.78, 5) is 17.0. The van der Waals surface area contributed by atoms with Crippen LogP contribution in [0.15, 0.2) is 66.7 Å². The van der Waals surface area contributed by atoms with Crippen molar-refractivity contribution in [2.45, 2.75) is 19.6 Å². The Bertz CT molecular complexity index is 1150. The summed E-state index contributed by atoms with van der Waals surface area (Å²) in [7, 11) is 0. The summed E-state index contributed by atoms with van der Waals surface area (Å²) in [6, 6.07) is 22.5. The average Bonchev–Trinajstić information content (AvgIpc) is 3.13. The van der Waals surface area contributed by atoms with Gasteiger partial charge in [-0.25, -0.2) is 4.98 Å². The van der Waals surface area contributed by atoms with E-state index >= 15 is 0 Å². The second-order valence-corrected chi connectivity index (χ2v) is 9.05. The minimum atomic E-state index is 0.0202. The molecule has 29 heavy (non-hydrogen) atoms. The van der Waals surface area contributed by atoms with Crippen molar-refractivity contribution in [3.8, 4) is 10.6 Å². The molecule has 0 radical (unpaired) electrons. The van der Waals surface area contributed by atoms with Crippen molar-refractivity contribution in [1.29, 1.82) is 0 Å². The maximum Gasteiger partial charge on any atom is 0.234 e. The number of nitrogens with zero attached hydrogens (tertiary/aromatic N) is 1. The van der Waals surface area contributed by atoms with Gasteiger partial charge in [0.2, 0.25) is 5.91 Å². The van der Waals surface area contributed by atoms with E-state index in [1.54, 1.807) is 23.1 Å². The Balaban J connectivity index is 1.35. The summed E-state index contributed by atoms with van der Waals surface area (Å²) in [5, 5.41) is 3.98. The number of hydrogen-bond acceptors (Lipinski definition) is 4. The summed E-state index contributed by atoms with van der Waals surface area (Å²) in [5.41, 5.74) is 6.69. The van der Waals surface area contributed by atoms with Crippen molar-refractivity contribution >= 4 is 44.9 Å². The van der Waals surface area contributed by atoms with Crippen LogP contribution in [0.3, 0.4) is 0 Å². The van der Waals surface area contributed by atoms with E-state index in [2.05, 4.69) is 49.5 Å². The molecule has 0 aliphatic heterocycles. The molecular formula is C24H22N2OS2. The number of carbonyl (C=O) groups excluding carboxylic acids is 1. The van der Waals surface area contributed by atoms with Crippen LogP contribution in [0, 0.1) is 13.8 Å². The topological polar surface area (TPSA) is 42.0 Å². The van der Waals surface area contributed by atoms with Gasteiger partial charge in [0.25, 0.3) is 0 Å². The molecule has 3 aromatic carbocycles. The summed E-state index contributed by atoms with van der Waals surface area (Å²) in [5.74, 6) is 1.30. The normalized spacial score (nSPS) is 11.0. The van der Waals surface area contributed by atoms with E-state index in [-0.39, 0.29) is 5.91 Å². The Morgan fingerprint density at radius 3 is 2.62 bits per heavy atom. The molecule has 3 nitrogen and oxygen atoms in total. The van der Waals surface area contributed by atoms with Gasteiger partial charge < -0.3 is 5.32 Å². The number of aryl methyl sites for hydroxylation is 2. The third kappa shape index (κ3) is 4.86. The molecule has 1 N–H and O–H groups in total. The SMILES string of the molecule is Cc1ccc2nc(-c3ccc(NC(=O)CSCc4ccccc4C)cc3)sc2c1.